The Morgan fingerprint density at radius 2 is 2.00 bits per heavy atom. The second-order valence-electron chi connectivity index (χ2n) is 8.43. The zero-order chi connectivity index (χ0) is 22.4. The van der Waals surface area contributed by atoms with Gasteiger partial charge in [-0.25, -0.2) is 8.78 Å². The predicted molar refractivity (Wildman–Crippen MR) is 118 cm³/mol. The van der Waals surface area contributed by atoms with Crippen LogP contribution in [0.5, 0.6) is 11.8 Å². The van der Waals surface area contributed by atoms with Crippen LogP contribution >= 0.6 is 0 Å². The van der Waals surface area contributed by atoms with Gasteiger partial charge in [-0.3, -0.25) is 4.99 Å². The summed E-state index contributed by atoms with van der Waals surface area (Å²) in [6, 6.07) is 2.64. The van der Waals surface area contributed by atoms with Gasteiger partial charge in [-0.05, 0) is 38.3 Å². The molecule has 1 unspecified atom stereocenters. The molecule has 0 amide bonds. The maximum atomic E-state index is 15.1. The number of anilines is 2. The number of nitrogens with zero attached hydrogens (tertiary/aromatic N) is 4. The quantitative estimate of drug-likeness (QED) is 0.753. The molecule has 5 rings (SSSR count). The highest BCUT2D eigenvalue weighted by atomic mass is 19.1. The molecule has 0 radical (unpaired) electrons. The molecule has 3 heterocycles. The summed E-state index contributed by atoms with van der Waals surface area (Å²) in [6.45, 7) is 5.45. The van der Waals surface area contributed by atoms with Crippen LogP contribution in [0, 0.1) is 11.6 Å². The van der Waals surface area contributed by atoms with Crippen LogP contribution in [0.1, 0.15) is 31.4 Å². The molecule has 9 heteroatoms. The zero-order valence-electron chi connectivity index (χ0n) is 17.8. The van der Waals surface area contributed by atoms with Crippen LogP contribution in [-0.2, 0) is 6.42 Å². The second kappa shape index (κ2) is 7.98. The van der Waals surface area contributed by atoms with Crippen molar-refractivity contribution in [3.8, 4) is 11.8 Å². The van der Waals surface area contributed by atoms with Crippen LogP contribution in [0.2, 0.25) is 0 Å². The Bertz CT molecular complexity index is 1190. The summed E-state index contributed by atoms with van der Waals surface area (Å²) in [5.41, 5.74) is 2.53. The van der Waals surface area contributed by atoms with Gasteiger partial charge in [-0.1, -0.05) is 11.6 Å². The maximum Gasteiger partial charge on any atom is 0.326 e. The number of fused-ring (bicyclic) bond motifs is 1. The molecule has 2 aromatic rings. The minimum atomic E-state index is -0.642. The summed E-state index contributed by atoms with van der Waals surface area (Å²) in [4.78, 5) is 15.0. The number of allylic oxidation sites excluding steroid dienone is 1. The van der Waals surface area contributed by atoms with E-state index in [1.807, 2.05) is 24.8 Å². The van der Waals surface area contributed by atoms with Gasteiger partial charge in [0, 0.05) is 36.3 Å². The van der Waals surface area contributed by atoms with Crippen LogP contribution < -0.4 is 15.0 Å². The number of nitrogens with one attached hydrogen (secondary N) is 1. The third kappa shape index (κ3) is 3.95. The van der Waals surface area contributed by atoms with Gasteiger partial charge in [0.2, 0.25) is 0 Å². The summed E-state index contributed by atoms with van der Waals surface area (Å²) in [5.74, 6) is 0.139. The first-order valence-electron chi connectivity index (χ1n) is 10.5. The highest BCUT2D eigenvalue weighted by molar-refractivity contribution is 6.05. The number of aliphatic imine (C=N–C) groups is 1. The van der Waals surface area contributed by atoms with Crippen molar-refractivity contribution >= 4 is 23.5 Å². The van der Waals surface area contributed by atoms with Gasteiger partial charge in [0.1, 0.15) is 23.3 Å². The SMILES string of the molecule is CC1=CC(Nc2cc(N3CCC(O)C3)nc(Oc3cc(F)c4c(c3F)C=C(C)C4)n2)=NC1. The topological polar surface area (TPSA) is 82.9 Å². The van der Waals surface area contributed by atoms with Crippen molar-refractivity contribution in [2.75, 3.05) is 29.9 Å². The van der Waals surface area contributed by atoms with Crippen molar-refractivity contribution in [1.82, 2.24) is 9.97 Å². The first-order valence-corrected chi connectivity index (χ1v) is 10.5. The largest absolute Gasteiger partial charge is 0.421 e. The van der Waals surface area contributed by atoms with Crippen LogP contribution in [-0.4, -0.2) is 46.6 Å². The fourth-order valence-corrected chi connectivity index (χ4v) is 4.11. The molecular formula is C23H23F2N5O2. The summed E-state index contributed by atoms with van der Waals surface area (Å²) >= 11 is 0. The lowest BCUT2D eigenvalue weighted by Gasteiger charge is -2.18. The molecule has 2 N–H and O–H groups in total. The normalized spacial score (nSPS) is 19.6. The Balaban J connectivity index is 1.50. The molecule has 1 saturated heterocycles. The Morgan fingerprint density at radius 1 is 1.16 bits per heavy atom. The highest BCUT2D eigenvalue weighted by Gasteiger charge is 2.25. The Morgan fingerprint density at radius 3 is 2.72 bits per heavy atom. The van der Waals surface area contributed by atoms with E-state index in [1.54, 1.807) is 12.1 Å². The van der Waals surface area contributed by atoms with E-state index in [1.165, 1.54) is 0 Å². The number of hydrogen-bond acceptors (Lipinski definition) is 7. The summed E-state index contributed by atoms with van der Waals surface area (Å²) in [7, 11) is 0. The monoisotopic (exact) mass is 439 g/mol. The molecule has 1 aromatic heterocycles. The highest BCUT2D eigenvalue weighted by Crippen LogP contribution is 2.36. The van der Waals surface area contributed by atoms with E-state index in [-0.39, 0.29) is 17.3 Å². The summed E-state index contributed by atoms with van der Waals surface area (Å²) in [6.07, 6.45) is 4.09. The Kier molecular flexibility index (Phi) is 5.13. The predicted octanol–water partition coefficient (Wildman–Crippen LogP) is 3.85. The van der Waals surface area contributed by atoms with E-state index in [0.29, 0.717) is 55.5 Å². The van der Waals surface area contributed by atoms with Crippen LogP contribution in [0.25, 0.3) is 6.08 Å². The lowest BCUT2D eigenvalue weighted by Crippen LogP contribution is -2.23. The fraction of sp³-hybridized carbons (Fsp3) is 0.348. The Hall–Kier alpha value is -3.33. The number of aromatic nitrogens is 2. The number of rotatable bonds is 4. The van der Waals surface area contributed by atoms with Crippen LogP contribution in [0.3, 0.4) is 0 Å². The second-order valence-corrected chi connectivity index (χ2v) is 8.43. The molecule has 3 aliphatic rings. The third-order valence-corrected chi connectivity index (χ3v) is 5.69. The van der Waals surface area contributed by atoms with Gasteiger partial charge in [0.05, 0.1) is 12.6 Å². The lowest BCUT2D eigenvalue weighted by molar-refractivity contribution is 0.198. The van der Waals surface area contributed by atoms with E-state index < -0.39 is 17.7 Å². The average Bonchev–Trinajstić information content (AvgIpc) is 3.46. The van der Waals surface area contributed by atoms with E-state index in [0.717, 1.165) is 17.2 Å². The molecule has 1 aliphatic carbocycles. The minimum absolute atomic E-state index is 0.123. The molecular weight excluding hydrogens is 416 g/mol. The molecule has 32 heavy (non-hydrogen) atoms. The standard InChI is InChI=1S/C23H23F2N5O2/c1-12-5-15-16(6-12)22(25)18(8-17(15)24)32-23-28-20(27-19-7-13(2)10-26-19)9-21(29-23)30-4-3-14(31)11-30/h6-9,14,31H,3-5,10-11H2,1-2H3,(H,26,27,28,29). The van der Waals surface area contributed by atoms with Crippen molar-refractivity contribution in [3.05, 3.63) is 52.1 Å². The van der Waals surface area contributed by atoms with Crippen molar-refractivity contribution in [2.45, 2.75) is 32.8 Å². The summed E-state index contributed by atoms with van der Waals surface area (Å²) in [5, 5.41) is 13.0. The number of halogens is 2. The average molecular weight is 439 g/mol. The number of aliphatic hydroxyl groups excluding tert-OH is 1. The van der Waals surface area contributed by atoms with Gasteiger partial charge in [0.15, 0.2) is 11.6 Å². The number of ether oxygens (including phenoxy) is 1. The molecule has 2 aliphatic heterocycles. The smallest absolute Gasteiger partial charge is 0.326 e. The summed E-state index contributed by atoms with van der Waals surface area (Å²) < 4.78 is 35.3. The molecule has 0 bridgehead atoms. The minimum Gasteiger partial charge on any atom is -0.421 e. The van der Waals surface area contributed by atoms with E-state index in [4.69, 9.17) is 4.74 Å². The number of β-amino-alcohol motifs (C(OH)–C–C–N with tert-alkyl or cyclic N) is 1. The molecule has 7 nitrogen and oxygen atoms in total. The molecule has 1 aromatic carbocycles. The van der Waals surface area contributed by atoms with Gasteiger partial charge in [-0.2, -0.15) is 9.97 Å². The van der Waals surface area contributed by atoms with E-state index >= 15 is 4.39 Å². The Labute approximate surface area is 184 Å². The third-order valence-electron chi connectivity index (χ3n) is 5.69. The van der Waals surface area contributed by atoms with Gasteiger partial charge < -0.3 is 20.1 Å². The van der Waals surface area contributed by atoms with Crippen molar-refractivity contribution in [3.63, 3.8) is 0 Å². The number of benzene rings is 1. The molecule has 166 valence electrons. The maximum absolute atomic E-state index is 15.1. The van der Waals surface area contributed by atoms with Gasteiger partial charge >= 0.3 is 6.01 Å². The van der Waals surface area contributed by atoms with Crippen molar-refractivity contribution in [2.24, 2.45) is 4.99 Å². The molecule has 0 spiro atoms. The fourth-order valence-electron chi connectivity index (χ4n) is 4.11. The van der Waals surface area contributed by atoms with Crippen LogP contribution in [0.4, 0.5) is 20.4 Å². The number of amidine groups is 1. The first-order chi connectivity index (χ1) is 15.4. The van der Waals surface area contributed by atoms with Gasteiger partial charge in [-0.15, -0.1) is 0 Å². The lowest BCUT2D eigenvalue weighted by atomic mass is 10.1. The van der Waals surface area contributed by atoms with Crippen LogP contribution in [0.15, 0.2) is 34.3 Å². The number of hydrogen-bond donors (Lipinski definition) is 2. The van der Waals surface area contributed by atoms with E-state index in [9.17, 15) is 9.50 Å². The van der Waals surface area contributed by atoms with Gasteiger partial charge in [0.25, 0.3) is 0 Å². The molecule has 0 saturated carbocycles. The molecule has 1 atom stereocenters. The van der Waals surface area contributed by atoms with Crippen molar-refractivity contribution < 1.29 is 18.6 Å². The molecule has 1 fully saturated rings. The van der Waals surface area contributed by atoms with Crippen molar-refractivity contribution in [1.29, 1.82) is 0 Å². The number of aliphatic hydroxyl groups is 1. The van der Waals surface area contributed by atoms with E-state index in [2.05, 4.69) is 20.3 Å². The first kappa shape index (κ1) is 20.6. The zero-order valence-corrected chi connectivity index (χ0v) is 17.8.